The van der Waals surface area contributed by atoms with Crippen LogP contribution < -0.4 is 10.6 Å². The van der Waals surface area contributed by atoms with Crippen LogP contribution in [0.4, 0.5) is 11.5 Å². The molecule has 1 aliphatic heterocycles. The maximum absolute atomic E-state index is 11.2. The number of carbonyl (C=O) groups excluding carboxylic acids is 1. The van der Waals surface area contributed by atoms with E-state index in [9.17, 15) is 14.9 Å². The van der Waals surface area contributed by atoms with Crippen molar-refractivity contribution in [2.24, 2.45) is 5.73 Å². The van der Waals surface area contributed by atoms with Crippen LogP contribution in [0.3, 0.4) is 0 Å². The topological polar surface area (TPSA) is 102 Å². The highest BCUT2D eigenvalue weighted by atomic mass is 16.6. The largest absolute Gasteiger partial charge is 0.368 e. The van der Waals surface area contributed by atoms with E-state index in [0.717, 1.165) is 6.42 Å². The van der Waals surface area contributed by atoms with Crippen molar-refractivity contribution in [1.29, 1.82) is 0 Å². The number of pyridine rings is 1. The van der Waals surface area contributed by atoms with E-state index < -0.39 is 4.92 Å². The molecule has 2 rings (SSSR count). The normalized spacial score (nSPS) is 19.3. The first-order chi connectivity index (χ1) is 8.09. The zero-order chi connectivity index (χ0) is 12.4. The highest BCUT2D eigenvalue weighted by Gasteiger charge is 2.30. The lowest BCUT2D eigenvalue weighted by Crippen LogP contribution is -2.40. The molecule has 90 valence electrons. The van der Waals surface area contributed by atoms with E-state index in [1.807, 2.05) is 0 Å². The summed E-state index contributed by atoms with van der Waals surface area (Å²) < 4.78 is 0. The number of nitrogens with two attached hydrogens (primary N) is 1. The summed E-state index contributed by atoms with van der Waals surface area (Å²) in [7, 11) is 0. The van der Waals surface area contributed by atoms with Gasteiger partial charge in [0.2, 0.25) is 5.91 Å². The van der Waals surface area contributed by atoms with Crippen LogP contribution in [0.25, 0.3) is 0 Å². The smallest absolute Gasteiger partial charge is 0.287 e. The van der Waals surface area contributed by atoms with Crippen LogP contribution >= 0.6 is 0 Å². The van der Waals surface area contributed by atoms with Crippen molar-refractivity contribution in [3.05, 3.63) is 28.4 Å². The summed E-state index contributed by atoms with van der Waals surface area (Å²) in [6.07, 6.45) is 2.76. The molecular weight excluding hydrogens is 224 g/mol. The molecule has 0 saturated carbocycles. The molecule has 1 fully saturated rings. The Hall–Kier alpha value is -2.18. The number of nitro groups is 1. The number of hydrogen-bond donors (Lipinski definition) is 1. The third-order valence-corrected chi connectivity index (χ3v) is 2.82. The molecule has 1 aliphatic rings. The van der Waals surface area contributed by atoms with Crippen molar-refractivity contribution in [2.75, 3.05) is 11.4 Å². The molecule has 1 aromatic rings. The van der Waals surface area contributed by atoms with E-state index in [-0.39, 0.29) is 17.6 Å². The van der Waals surface area contributed by atoms with Crippen LogP contribution in [0.1, 0.15) is 12.8 Å². The van der Waals surface area contributed by atoms with Crippen LogP contribution in [0.2, 0.25) is 0 Å². The van der Waals surface area contributed by atoms with E-state index in [4.69, 9.17) is 5.73 Å². The molecule has 0 aromatic carbocycles. The summed E-state index contributed by atoms with van der Waals surface area (Å²) in [5, 5.41) is 10.5. The second-order valence-electron chi connectivity index (χ2n) is 3.89. The van der Waals surface area contributed by atoms with Gasteiger partial charge < -0.3 is 10.6 Å². The third kappa shape index (κ3) is 2.17. The van der Waals surface area contributed by atoms with Crippen LogP contribution in [0.5, 0.6) is 0 Å². The van der Waals surface area contributed by atoms with Crippen LogP contribution in [-0.4, -0.2) is 28.4 Å². The quantitative estimate of drug-likeness (QED) is 0.606. The predicted molar refractivity (Wildman–Crippen MR) is 60.5 cm³/mol. The lowest BCUT2D eigenvalue weighted by Gasteiger charge is -2.22. The average molecular weight is 236 g/mol. The number of anilines is 1. The number of nitrogens with zero attached hydrogens (tertiary/aromatic N) is 3. The fraction of sp³-hybridized carbons (Fsp3) is 0.400. The minimum absolute atomic E-state index is 0.0661. The Morgan fingerprint density at radius 3 is 2.88 bits per heavy atom. The Balaban J connectivity index is 2.22. The third-order valence-electron chi connectivity index (χ3n) is 2.82. The number of primary amides is 1. The van der Waals surface area contributed by atoms with Crippen LogP contribution in [-0.2, 0) is 4.79 Å². The Morgan fingerprint density at radius 2 is 2.35 bits per heavy atom. The predicted octanol–water partition coefficient (Wildman–Crippen LogP) is 0.444. The lowest BCUT2D eigenvalue weighted by molar-refractivity contribution is -0.385. The van der Waals surface area contributed by atoms with Gasteiger partial charge in [-0.15, -0.1) is 0 Å². The number of rotatable bonds is 3. The summed E-state index contributed by atoms with van der Waals surface area (Å²) >= 11 is 0. The number of hydrogen-bond acceptors (Lipinski definition) is 5. The standard InChI is InChI=1S/C10H12N4O3/c11-10(15)8-2-1-5-13(8)9-4-3-7(6-12-9)14(16)17/h3-4,6,8H,1-2,5H2,(H2,11,15)/t8-/m1/s1. The van der Waals surface area contributed by atoms with Gasteiger partial charge in [-0.05, 0) is 18.9 Å². The molecular formula is C10H12N4O3. The minimum atomic E-state index is -0.508. The summed E-state index contributed by atoms with van der Waals surface area (Å²) in [6, 6.07) is 2.56. The maximum atomic E-state index is 11.2. The van der Waals surface area contributed by atoms with Gasteiger partial charge >= 0.3 is 0 Å². The van der Waals surface area contributed by atoms with Gasteiger partial charge in [-0.25, -0.2) is 4.98 Å². The molecule has 0 aliphatic carbocycles. The Morgan fingerprint density at radius 1 is 1.59 bits per heavy atom. The molecule has 17 heavy (non-hydrogen) atoms. The van der Waals surface area contributed by atoms with E-state index in [2.05, 4.69) is 4.98 Å². The van der Waals surface area contributed by atoms with Gasteiger partial charge in [-0.2, -0.15) is 0 Å². The van der Waals surface area contributed by atoms with Crippen LogP contribution in [0.15, 0.2) is 18.3 Å². The van der Waals surface area contributed by atoms with Crippen LogP contribution in [0, 0.1) is 10.1 Å². The Bertz CT molecular complexity index is 445. The zero-order valence-electron chi connectivity index (χ0n) is 9.07. The van der Waals surface area contributed by atoms with Gasteiger partial charge in [-0.3, -0.25) is 14.9 Å². The number of carbonyl (C=O) groups is 1. The molecule has 2 heterocycles. The summed E-state index contributed by atoms with van der Waals surface area (Å²) in [5.41, 5.74) is 5.22. The average Bonchev–Trinajstić information content (AvgIpc) is 2.78. The molecule has 0 bridgehead atoms. The van der Waals surface area contributed by atoms with Crippen molar-refractivity contribution < 1.29 is 9.72 Å². The number of amides is 1. The number of aromatic nitrogens is 1. The molecule has 0 spiro atoms. The van der Waals surface area contributed by atoms with Crippen molar-refractivity contribution >= 4 is 17.4 Å². The highest BCUT2D eigenvalue weighted by molar-refractivity contribution is 5.83. The molecule has 7 nitrogen and oxygen atoms in total. The van der Waals surface area contributed by atoms with Gasteiger partial charge in [-0.1, -0.05) is 0 Å². The van der Waals surface area contributed by atoms with Crippen molar-refractivity contribution in [3.8, 4) is 0 Å². The first kappa shape index (κ1) is 11.3. The second-order valence-corrected chi connectivity index (χ2v) is 3.89. The molecule has 1 amide bonds. The lowest BCUT2D eigenvalue weighted by atomic mass is 10.2. The fourth-order valence-electron chi connectivity index (χ4n) is 1.99. The molecule has 2 N–H and O–H groups in total. The molecule has 0 radical (unpaired) electrons. The Labute approximate surface area is 97.4 Å². The van der Waals surface area contributed by atoms with Gasteiger partial charge in [0.25, 0.3) is 5.69 Å². The minimum Gasteiger partial charge on any atom is -0.368 e. The van der Waals surface area contributed by atoms with E-state index in [1.54, 1.807) is 11.0 Å². The molecule has 0 unspecified atom stereocenters. The van der Waals surface area contributed by atoms with Crippen molar-refractivity contribution in [3.63, 3.8) is 0 Å². The second kappa shape index (κ2) is 4.36. The first-order valence-electron chi connectivity index (χ1n) is 5.26. The van der Waals surface area contributed by atoms with Gasteiger partial charge in [0.15, 0.2) is 0 Å². The fourth-order valence-corrected chi connectivity index (χ4v) is 1.99. The van der Waals surface area contributed by atoms with Gasteiger partial charge in [0.1, 0.15) is 18.1 Å². The van der Waals surface area contributed by atoms with Crippen molar-refractivity contribution in [1.82, 2.24) is 4.98 Å². The van der Waals surface area contributed by atoms with E-state index in [1.165, 1.54) is 12.3 Å². The highest BCUT2D eigenvalue weighted by Crippen LogP contribution is 2.24. The summed E-state index contributed by atoms with van der Waals surface area (Å²) in [4.78, 5) is 27.0. The maximum Gasteiger partial charge on any atom is 0.287 e. The summed E-state index contributed by atoms with van der Waals surface area (Å²) in [6.45, 7) is 0.693. The van der Waals surface area contributed by atoms with Gasteiger partial charge in [0, 0.05) is 12.6 Å². The first-order valence-corrected chi connectivity index (χ1v) is 5.26. The molecule has 1 atom stereocenters. The molecule has 1 saturated heterocycles. The molecule has 1 aromatic heterocycles. The van der Waals surface area contributed by atoms with Crippen molar-refractivity contribution in [2.45, 2.75) is 18.9 Å². The summed E-state index contributed by atoms with van der Waals surface area (Å²) in [5.74, 6) is 0.166. The van der Waals surface area contributed by atoms with E-state index in [0.29, 0.717) is 18.8 Å². The molecule has 7 heteroatoms. The zero-order valence-corrected chi connectivity index (χ0v) is 9.07. The van der Waals surface area contributed by atoms with E-state index >= 15 is 0 Å². The van der Waals surface area contributed by atoms with Gasteiger partial charge in [0.05, 0.1) is 4.92 Å². The monoisotopic (exact) mass is 236 g/mol. The Kier molecular flexibility index (Phi) is 2.90. The SMILES string of the molecule is NC(=O)[C@H]1CCCN1c1ccc([N+](=O)[O-])cn1.